The molecule has 5 rings (SSSR count). The minimum absolute atomic E-state index is 0.00262. The number of ether oxygens (including phenoxy) is 2. The summed E-state index contributed by atoms with van der Waals surface area (Å²) >= 11 is 0. The van der Waals surface area contributed by atoms with Gasteiger partial charge in [0.15, 0.2) is 11.5 Å². The van der Waals surface area contributed by atoms with Crippen LogP contribution in [0.5, 0.6) is 11.5 Å². The fraction of sp³-hybridized carbons (Fsp3) is 0.667. The predicted octanol–water partition coefficient (Wildman–Crippen LogP) is 1.82. The number of hydrogen-bond donors (Lipinski definition) is 2. The highest BCUT2D eigenvalue weighted by molar-refractivity contribution is 5.91. The maximum atomic E-state index is 13.7. The normalized spacial score (nSPS) is 27.9. The van der Waals surface area contributed by atoms with Gasteiger partial charge in [-0.15, -0.1) is 0 Å². The average Bonchev–Trinajstić information content (AvgIpc) is 3.39. The summed E-state index contributed by atoms with van der Waals surface area (Å²) < 4.78 is 11.2. The lowest BCUT2D eigenvalue weighted by Gasteiger charge is -2.51. The number of carbonyl (C=O) groups excluding carboxylic acids is 4. The molecule has 0 saturated carbocycles. The third-order valence-corrected chi connectivity index (χ3v) is 8.99. The van der Waals surface area contributed by atoms with E-state index in [9.17, 15) is 19.2 Å². The van der Waals surface area contributed by atoms with Gasteiger partial charge in [-0.1, -0.05) is 6.07 Å². The van der Waals surface area contributed by atoms with Gasteiger partial charge >= 0.3 is 0 Å². The summed E-state index contributed by atoms with van der Waals surface area (Å²) in [7, 11) is 3.25. The number of nitrogens with zero attached hydrogens (tertiary/aromatic N) is 2. The lowest BCUT2D eigenvalue weighted by molar-refractivity contribution is -0.146. The summed E-state index contributed by atoms with van der Waals surface area (Å²) in [6.45, 7) is 2.40. The standard InChI is InChI=1S/C30H42N4O6/c1-39-25-15-19-8-11-28(37)34-17-20-14-22(18-33(16-20)30(38)23-9-10-27(36)32-23)24(34)6-3-7-26(35)31-12-4-5-21(13-19)29(25)40-2/h13,15,20,22-24H,3-12,14,16-18H2,1-2H3,(H,31,35)(H,32,36)/t20-,22+,23-,24-/m0/s1. The molecule has 0 spiro atoms. The molecule has 0 unspecified atom stereocenters. The fourth-order valence-corrected chi connectivity index (χ4v) is 7.10. The molecule has 0 aliphatic carbocycles. The first-order valence-corrected chi connectivity index (χ1v) is 14.7. The van der Waals surface area contributed by atoms with Gasteiger partial charge in [0.1, 0.15) is 6.04 Å². The van der Waals surface area contributed by atoms with Crippen molar-refractivity contribution in [1.29, 1.82) is 0 Å². The maximum Gasteiger partial charge on any atom is 0.245 e. The summed E-state index contributed by atoms with van der Waals surface area (Å²) in [5.74, 6) is 1.80. The van der Waals surface area contributed by atoms with Gasteiger partial charge in [0, 0.05) is 51.5 Å². The molecule has 3 saturated heterocycles. The Morgan fingerprint density at radius 3 is 2.50 bits per heavy atom. The van der Waals surface area contributed by atoms with Crippen molar-refractivity contribution in [3.8, 4) is 11.5 Å². The summed E-state index contributed by atoms with van der Waals surface area (Å²) in [5, 5.41) is 5.85. The average molecular weight is 555 g/mol. The molecule has 4 aliphatic heterocycles. The van der Waals surface area contributed by atoms with Crippen LogP contribution in [-0.4, -0.2) is 85.9 Å². The van der Waals surface area contributed by atoms with Crippen LogP contribution in [0.15, 0.2) is 12.1 Å². The van der Waals surface area contributed by atoms with Crippen molar-refractivity contribution in [2.45, 2.75) is 76.3 Å². The van der Waals surface area contributed by atoms with Crippen LogP contribution in [0.3, 0.4) is 0 Å². The van der Waals surface area contributed by atoms with Gasteiger partial charge in [-0.3, -0.25) is 19.2 Å². The lowest BCUT2D eigenvalue weighted by atomic mass is 9.77. The zero-order chi connectivity index (χ0) is 28.2. The number of amides is 4. The number of carbonyl (C=O) groups is 4. The smallest absolute Gasteiger partial charge is 0.245 e. The van der Waals surface area contributed by atoms with Crippen LogP contribution < -0.4 is 20.1 Å². The van der Waals surface area contributed by atoms with Crippen LogP contribution >= 0.6 is 0 Å². The molecule has 1 aromatic carbocycles. The molecule has 3 fully saturated rings. The summed E-state index contributed by atoms with van der Waals surface area (Å²) in [6, 6.07) is 3.60. The molecule has 0 radical (unpaired) electrons. The number of methoxy groups -OCH3 is 2. The van der Waals surface area contributed by atoms with Gasteiger partial charge in [-0.2, -0.15) is 0 Å². The van der Waals surface area contributed by atoms with Crippen LogP contribution in [0.2, 0.25) is 0 Å². The third kappa shape index (κ3) is 6.20. The number of aryl methyl sites for hydroxylation is 2. The van der Waals surface area contributed by atoms with E-state index in [0.29, 0.717) is 76.2 Å². The van der Waals surface area contributed by atoms with E-state index < -0.39 is 6.04 Å². The van der Waals surface area contributed by atoms with Crippen LogP contribution in [0.4, 0.5) is 0 Å². The van der Waals surface area contributed by atoms with E-state index in [4.69, 9.17) is 9.47 Å². The van der Waals surface area contributed by atoms with Crippen LogP contribution in [0.1, 0.15) is 62.5 Å². The van der Waals surface area contributed by atoms with Crippen molar-refractivity contribution < 1.29 is 28.7 Å². The molecule has 218 valence electrons. The molecular formula is C30H42N4O6. The van der Waals surface area contributed by atoms with Gasteiger partial charge in [0.25, 0.3) is 0 Å². The van der Waals surface area contributed by atoms with Crippen LogP contribution in [-0.2, 0) is 32.0 Å². The first-order valence-electron chi connectivity index (χ1n) is 14.7. The Morgan fingerprint density at radius 2 is 1.75 bits per heavy atom. The number of rotatable bonds is 3. The predicted molar refractivity (Wildman–Crippen MR) is 148 cm³/mol. The van der Waals surface area contributed by atoms with Crippen molar-refractivity contribution in [3.05, 3.63) is 23.3 Å². The van der Waals surface area contributed by atoms with Crippen LogP contribution in [0, 0.1) is 11.8 Å². The quantitative estimate of drug-likeness (QED) is 0.589. The molecular weight excluding hydrogens is 512 g/mol. The number of fused-ring (bicyclic) bond motifs is 6. The highest BCUT2D eigenvalue weighted by Gasteiger charge is 2.44. The fourth-order valence-electron chi connectivity index (χ4n) is 7.10. The molecule has 4 aliphatic rings. The summed E-state index contributed by atoms with van der Waals surface area (Å²) in [4.78, 5) is 55.2. The monoisotopic (exact) mass is 554 g/mol. The second-order valence-corrected chi connectivity index (χ2v) is 11.7. The zero-order valence-corrected chi connectivity index (χ0v) is 23.7. The first kappa shape index (κ1) is 28.2. The van der Waals surface area contributed by atoms with Gasteiger partial charge in [-0.25, -0.2) is 0 Å². The number of nitrogens with one attached hydrogen (secondary N) is 2. The van der Waals surface area contributed by atoms with Gasteiger partial charge in [0.05, 0.1) is 14.2 Å². The second-order valence-electron chi connectivity index (χ2n) is 11.7. The van der Waals surface area contributed by atoms with E-state index in [1.807, 2.05) is 15.9 Å². The van der Waals surface area contributed by atoms with Gasteiger partial charge in [0.2, 0.25) is 23.6 Å². The Morgan fingerprint density at radius 1 is 0.900 bits per heavy atom. The van der Waals surface area contributed by atoms with Crippen molar-refractivity contribution in [2.75, 3.05) is 40.4 Å². The molecule has 0 aromatic heterocycles. The van der Waals surface area contributed by atoms with E-state index in [0.717, 1.165) is 36.8 Å². The van der Waals surface area contributed by atoms with Crippen molar-refractivity contribution >= 4 is 23.6 Å². The molecule has 4 heterocycles. The van der Waals surface area contributed by atoms with E-state index in [-0.39, 0.29) is 41.5 Å². The Labute approximate surface area is 236 Å². The number of hydrogen-bond acceptors (Lipinski definition) is 6. The maximum absolute atomic E-state index is 13.7. The van der Waals surface area contributed by atoms with E-state index in [1.165, 1.54) is 0 Å². The lowest BCUT2D eigenvalue weighted by Crippen LogP contribution is -2.61. The molecule has 2 N–H and O–H groups in total. The SMILES string of the molecule is COc1cc2cc(c1OC)CCCNC(=O)CCC[C@H]1[C@@H]3C[C@@H](CN(C(=O)[C@@H]4CCC(=O)N4)C3)CN1C(=O)CC2. The van der Waals surface area contributed by atoms with Gasteiger partial charge < -0.3 is 29.9 Å². The van der Waals surface area contributed by atoms with E-state index >= 15 is 0 Å². The minimum Gasteiger partial charge on any atom is -0.493 e. The second kappa shape index (κ2) is 12.5. The largest absolute Gasteiger partial charge is 0.493 e. The highest BCUT2D eigenvalue weighted by atomic mass is 16.5. The van der Waals surface area contributed by atoms with Crippen molar-refractivity contribution in [3.63, 3.8) is 0 Å². The molecule has 40 heavy (non-hydrogen) atoms. The zero-order valence-electron chi connectivity index (χ0n) is 23.7. The molecule has 4 amide bonds. The number of benzene rings is 1. The molecule has 10 heteroatoms. The molecule has 4 bridgehead atoms. The van der Waals surface area contributed by atoms with Crippen molar-refractivity contribution in [2.24, 2.45) is 11.8 Å². The Kier molecular flexibility index (Phi) is 8.81. The molecule has 1 aromatic rings. The minimum atomic E-state index is -0.434. The first-order chi connectivity index (χ1) is 19.4. The molecule has 4 atom stereocenters. The van der Waals surface area contributed by atoms with E-state index in [2.05, 4.69) is 16.7 Å². The van der Waals surface area contributed by atoms with Gasteiger partial charge in [-0.05, 0) is 74.0 Å². The van der Waals surface area contributed by atoms with E-state index in [1.54, 1.807) is 14.2 Å². The number of piperidine rings is 2. The third-order valence-electron chi connectivity index (χ3n) is 8.99. The van der Waals surface area contributed by atoms with Crippen LogP contribution in [0.25, 0.3) is 0 Å². The topological polar surface area (TPSA) is 117 Å². The Hall–Kier alpha value is -3.30. The molecule has 10 nitrogen and oxygen atoms in total. The summed E-state index contributed by atoms with van der Waals surface area (Å²) in [6.07, 6.45) is 6.26. The highest BCUT2D eigenvalue weighted by Crippen LogP contribution is 2.37. The summed E-state index contributed by atoms with van der Waals surface area (Å²) in [5.41, 5.74) is 2.04. The Balaban J connectivity index is 1.35. The Bertz CT molecular complexity index is 1140. The number of likely N-dealkylation sites (tertiary alicyclic amines) is 1. The van der Waals surface area contributed by atoms with Crippen molar-refractivity contribution in [1.82, 2.24) is 20.4 Å².